The van der Waals surface area contributed by atoms with Crippen LogP contribution in [-0.4, -0.2) is 31.9 Å². The maximum absolute atomic E-state index is 12.7. The number of esters is 1. The zero-order chi connectivity index (χ0) is 18.8. The molecule has 6 heteroatoms. The summed E-state index contributed by atoms with van der Waals surface area (Å²) in [6.45, 7) is 2.84. The molecule has 0 radical (unpaired) electrons. The molecule has 0 unspecified atom stereocenters. The average Bonchev–Trinajstić information content (AvgIpc) is 3.19. The van der Waals surface area contributed by atoms with E-state index in [4.69, 9.17) is 9.72 Å². The molecule has 4 aromatic rings. The fourth-order valence-corrected chi connectivity index (χ4v) is 3.82. The van der Waals surface area contributed by atoms with Gasteiger partial charge in [-0.2, -0.15) is 0 Å². The van der Waals surface area contributed by atoms with Gasteiger partial charge in [-0.15, -0.1) is 0 Å². The maximum Gasteiger partial charge on any atom is 0.357 e. The fraction of sp³-hybridized carbons (Fsp3) is 0.238. The first-order valence-corrected chi connectivity index (χ1v) is 10.1. The highest BCUT2D eigenvalue weighted by Crippen LogP contribution is 2.26. The Morgan fingerprint density at radius 2 is 1.78 bits per heavy atom. The van der Waals surface area contributed by atoms with Crippen LogP contribution in [0.15, 0.2) is 54.6 Å². The minimum absolute atomic E-state index is 0.330. The molecular formula is C21H20BrN3O2. The molecule has 2 aromatic carbocycles. The van der Waals surface area contributed by atoms with E-state index in [1.807, 2.05) is 47.7 Å². The van der Waals surface area contributed by atoms with Gasteiger partial charge in [-0.05, 0) is 24.6 Å². The van der Waals surface area contributed by atoms with Gasteiger partial charge < -0.3 is 9.30 Å². The predicted molar refractivity (Wildman–Crippen MR) is 110 cm³/mol. The number of aryl methyl sites for hydroxylation is 1. The summed E-state index contributed by atoms with van der Waals surface area (Å²) in [5, 5.41) is 0.732. The number of benzene rings is 2. The summed E-state index contributed by atoms with van der Waals surface area (Å²) in [5.74, 6) is 0.433. The Morgan fingerprint density at radius 1 is 1.07 bits per heavy atom. The first kappa shape index (κ1) is 17.8. The first-order valence-electron chi connectivity index (χ1n) is 9.00. The summed E-state index contributed by atoms with van der Waals surface area (Å²) < 4.78 is 9.43. The lowest BCUT2D eigenvalue weighted by atomic mass is 10.2. The van der Waals surface area contributed by atoms with E-state index < -0.39 is 0 Å². The second-order valence-corrected chi connectivity index (χ2v) is 7.06. The molecule has 0 aliphatic carbocycles. The molecule has 27 heavy (non-hydrogen) atoms. The smallest absolute Gasteiger partial charge is 0.357 e. The van der Waals surface area contributed by atoms with Gasteiger partial charge in [-0.1, -0.05) is 58.4 Å². The monoisotopic (exact) mass is 425 g/mol. The van der Waals surface area contributed by atoms with E-state index in [0.29, 0.717) is 25.3 Å². The van der Waals surface area contributed by atoms with Crippen LogP contribution in [0.1, 0.15) is 28.7 Å². The lowest BCUT2D eigenvalue weighted by molar-refractivity contribution is 0.0517. The molecule has 0 atom stereocenters. The van der Waals surface area contributed by atoms with Crippen molar-refractivity contribution in [2.45, 2.75) is 19.9 Å². The van der Waals surface area contributed by atoms with Gasteiger partial charge in [0.2, 0.25) is 5.78 Å². The second-order valence-electron chi connectivity index (χ2n) is 6.26. The van der Waals surface area contributed by atoms with Crippen LogP contribution in [-0.2, 0) is 17.7 Å². The molecule has 0 aliphatic rings. The zero-order valence-corrected chi connectivity index (χ0v) is 16.6. The number of hydrogen-bond donors (Lipinski definition) is 0. The Morgan fingerprint density at radius 3 is 2.48 bits per heavy atom. The van der Waals surface area contributed by atoms with Crippen LogP contribution in [0.4, 0.5) is 0 Å². The van der Waals surface area contributed by atoms with Gasteiger partial charge in [-0.25, -0.2) is 9.78 Å². The Labute approximate surface area is 165 Å². The van der Waals surface area contributed by atoms with Gasteiger partial charge in [0.25, 0.3) is 0 Å². The fourth-order valence-electron chi connectivity index (χ4n) is 3.45. The normalized spacial score (nSPS) is 11.3. The van der Waals surface area contributed by atoms with Crippen LogP contribution in [0.3, 0.4) is 0 Å². The number of ether oxygens (including phenoxy) is 1. The van der Waals surface area contributed by atoms with E-state index in [9.17, 15) is 4.79 Å². The van der Waals surface area contributed by atoms with Crippen LogP contribution in [0.2, 0.25) is 0 Å². The van der Waals surface area contributed by atoms with E-state index in [1.54, 1.807) is 0 Å². The number of carbonyl (C=O) groups excluding carboxylic acids is 1. The van der Waals surface area contributed by atoms with Crippen molar-refractivity contribution in [3.63, 3.8) is 0 Å². The number of hydrogen-bond acceptors (Lipinski definition) is 3. The van der Waals surface area contributed by atoms with E-state index in [2.05, 4.69) is 38.7 Å². The SMILES string of the molecule is CCOC(=O)c1c(CCBr)nc2n(Cc3ccccc3)c3ccccc3n12. The molecule has 2 aromatic heterocycles. The van der Waals surface area contributed by atoms with Gasteiger partial charge in [0, 0.05) is 11.8 Å². The third kappa shape index (κ3) is 3.14. The molecular weight excluding hydrogens is 406 g/mol. The maximum atomic E-state index is 12.7. The third-order valence-electron chi connectivity index (χ3n) is 4.57. The number of aromatic nitrogens is 3. The lowest BCUT2D eigenvalue weighted by Crippen LogP contribution is -2.11. The number of alkyl halides is 1. The van der Waals surface area contributed by atoms with Crippen molar-refractivity contribution >= 4 is 38.7 Å². The minimum atomic E-state index is -0.330. The standard InChI is InChI=1S/C21H20BrN3O2/c1-2-27-20(26)19-16(12-13-22)23-21-24(14-15-8-4-3-5-9-15)17-10-6-7-11-18(17)25(19)21/h3-11H,2,12-14H2,1H3. The van der Waals surface area contributed by atoms with E-state index in [1.165, 1.54) is 5.56 Å². The van der Waals surface area contributed by atoms with Gasteiger partial charge in [0.15, 0.2) is 5.69 Å². The second kappa shape index (κ2) is 7.56. The van der Waals surface area contributed by atoms with Crippen molar-refractivity contribution < 1.29 is 9.53 Å². The molecule has 138 valence electrons. The Kier molecular flexibility index (Phi) is 4.99. The molecule has 4 rings (SSSR count). The van der Waals surface area contributed by atoms with Crippen molar-refractivity contribution in [3.05, 3.63) is 71.5 Å². The quantitative estimate of drug-likeness (QED) is 0.338. The molecule has 0 bridgehead atoms. The third-order valence-corrected chi connectivity index (χ3v) is 4.97. The summed E-state index contributed by atoms with van der Waals surface area (Å²) in [5.41, 5.74) is 4.46. The molecule has 5 nitrogen and oxygen atoms in total. The Bertz CT molecular complexity index is 1100. The number of nitrogens with zero attached hydrogens (tertiary/aromatic N) is 3. The topological polar surface area (TPSA) is 48.5 Å². The van der Waals surface area contributed by atoms with Gasteiger partial charge >= 0.3 is 5.97 Å². The number of imidazole rings is 2. The van der Waals surface area contributed by atoms with Crippen molar-refractivity contribution in [1.82, 2.24) is 14.0 Å². The number of carbonyl (C=O) groups is 1. The predicted octanol–water partition coefficient (Wildman–Crippen LogP) is 4.45. The van der Waals surface area contributed by atoms with Crippen molar-refractivity contribution in [2.24, 2.45) is 0 Å². The van der Waals surface area contributed by atoms with Crippen LogP contribution in [0, 0.1) is 0 Å². The van der Waals surface area contributed by atoms with Gasteiger partial charge in [0.05, 0.1) is 29.9 Å². The largest absolute Gasteiger partial charge is 0.461 e. The van der Waals surface area contributed by atoms with Gasteiger partial charge in [-0.3, -0.25) is 4.40 Å². The minimum Gasteiger partial charge on any atom is -0.461 e. The summed E-state index contributed by atoms with van der Waals surface area (Å²) >= 11 is 3.47. The molecule has 0 aliphatic heterocycles. The van der Waals surface area contributed by atoms with Crippen LogP contribution >= 0.6 is 15.9 Å². The molecule has 0 N–H and O–H groups in total. The average molecular weight is 426 g/mol. The number of halogens is 1. The molecule has 0 saturated carbocycles. The Hall–Kier alpha value is -2.60. The summed E-state index contributed by atoms with van der Waals surface area (Å²) in [4.78, 5) is 17.6. The number of rotatable bonds is 6. The summed E-state index contributed by atoms with van der Waals surface area (Å²) in [6, 6.07) is 18.3. The summed E-state index contributed by atoms with van der Waals surface area (Å²) in [7, 11) is 0. The van der Waals surface area contributed by atoms with E-state index in [0.717, 1.165) is 27.8 Å². The molecule has 0 amide bonds. The van der Waals surface area contributed by atoms with Crippen LogP contribution in [0.25, 0.3) is 16.8 Å². The highest BCUT2D eigenvalue weighted by atomic mass is 79.9. The lowest BCUT2D eigenvalue weighted by Gasteiger charge is -2.05. The van der Waals surface area contributed by atoms with Gasteiger partial charge in [0.1, 0.15) is 0 Å². The first-order chi connectivity index (χ1) is 13.2. The molecule has 0 saturated heterocycles. The van der Waals surface area contributed by atoms with Crippen LogP contribution < -0.4 is 0 Å². The molecule has 0 spiro atoms. The van der Waals surface area contributed by atoms with Crippen LogP contribution in [0.5, 0.6) is 0 Å². The summed E-state index contributed by atoms with van der Waals surface area (Å²) in [6.07, 6.45) is 0.662. The highest BCUT2D eigenvalue weighted by Gasteiger charge is 2.25. The van der Waals surface area contributed by atoms with Crippen molar-refractivity contribution in [3.8, 4) is 0 Å². The number of para-hydroxylation sites is 2. The van der Waals surface area contributed by atoms with Crippen molar-refractivity contribution in [1.29, 1.82) is 0 Å². The molecule has 0 fully saturated rings. The zero-order valence-electron chi connectivity index (χ0n) is 15.1. The number of fused-ring (bicyclic) bond motifs is 3. The highest BCUT2D eigenvalue weighted by molar-refractivity contribution is 9.09. The van der Waals surface area contributed by atoms with E-state index in [-0.39, 0.29) is 5.97 Å². The Balaban J connectivity index is 1.99. The van der Waals surface area contributed by atoms with Crippen molar-refractivity contribution in [2.75, 3.05) is 11.9 Å². The van der Waals surface area contributed by atoms with E-state index >= 15 is 0 Å². The molecule has 2 heterocycles.